The SMILES string of the molecule is C[C@H](O)CN1CCN(C(=O)c2ccc(=O)n(C)n2)CC1. The highest BCUT2D eigenvalue weighted by Crippen LogP contribution is 2.06. The molecule has 7 nitrogen and oxygen atoms in total. The van der Waals surface area contributed by atoms with Crippen LogP contribution in [0.2, 0.25) is 0 Å². The molecule has 20 heavy (non-hydrogen) atoms. The summed E-state index contributed by atoms with van der Waals surface area (Å²) in [5.74, 6) is -0.155. The van der Waals surface area contributed by atoms with Crippen LogP contribution in [0.15, 0.2) is 16.9 Å². The van der Waals surface area contributed by atoms with Crippen molar-refractivity contribution in [1.82, 2.24) is 19.6 Å². The lowest BCUT2D eigenvalue weighted by atomic mass is 10.2. The summed E-state index contributed by atoms with van der Waals surface area (Å²) in [4.78, 5) is 27.4. The fraction of sp³-hybridized carbons (Fsp3) is 0.615. The Morgan fingerprint density at radius 3 is 2.55 bits per heavy atom. The van der Waals surface area contributed by atoms with Crippen LogP contribution in [0, 0.1) is 0 Å². The molecule has 0 aromatic carbocycles. The first kappa shape index (κ1) is 14.7. The summed E-state index contributed by atoms with van der Waals surface area (Å²) in [5, 5.41) is 13.3. The van der Waals surface area contributed by atoms with Crippen molar-refractivity contribution >= 4 is 5.91 Å². The number of aromatic nitrogens is 2. The van der Waals surface area contributed by atoms with Crippen molar-refractivity contribution in [2.75, 3.05) is 32.7 Å². The second-order valence-electron chi connectivity index (χ2n) is 5.12. The Morgan fingerprint density at radius 1 is 1.35 bits per heavy atom. The molecule has 2 heterocycles. The molecule has 1 fully saturated rings. The molecule has 7 heteroatoms. The van der Waals surface area contributed by atoms with Crippen LogP contribution in [0.25, 0.3) is 0 Å². The molecule has 0 spiro atoms. The van der Waals surface area contributed by atoms with E-state index in [2.05, 4.69) is 10.00 Å². The van der Waals surface area contributed by atoms with Gasteiger partial charge in [0.15, 0.2) is 0 Å². The maximum atomic E-state index is 12.3. The monoisotopic (exact) mass is 280 g/mol. The van der Waals surface area contributed by atoms with Gasteiger partial charge in [-0.25, -0.2) is 4.68 Å². The zero-order valence-electron chi connectivity index (χ0n) is 11.8. The highest BCUT2D eigenvalue weighted by atomic mass is 16.3. The first-order valence-corrected chi connectivity index (χ1v) is 6.71. The lowest BCUT2D eigenvalue weighted by molar-refractivity contribution is 0.0547. The summed E-state index contributed by atoms with van der Waals surface area (Å²) in [6, 6.07) is 2.82. The molecule has 0 bridgehead atoms. The number of amides is 1. The first-order chi connectivity index (χ1) is 9.47. The van der Waals surface area contributed by atoms with Gasteiger partial charge in [0.1, 0.15) is 5.69 Å². The average molecular weight is 280 g/mol. The number of rotatable bonds is 3. The lowest BCUT2D eigenvalue weighted by Crippen LogP contribution is -2.50. The van der Waals surface area contributed by atoms with Crippen molar-refractivity contribution in [3.63, 3.8) is 0 Å². The lowest BCUT2D eigenvalue weighted by Gasteiger charge is -2.35. The van der Waals surface area contributed by atoms with Crippen LogP contribution in [-0.2, 0) is 7.05 Å². The standard InChI is InChI=1S/C13H20N4O3/c1-10(18)9-16-5-7-17(8-6-16)13(20)11-3-4-12(19)15(2)14-11/h3-4,10,18H,5-9H2,1-2H3/t10-/m0/s1. The van der Waals surface area contributed by atoms with Crippen molar-refractivity contribution in [3.05, 3.63) is 28.2 Å². The summed E-state index contributed by atoms with van der Waals surface area (Å²) in [6.45, 7) is 5.07. The number of aliphatic hydroxyl groups excluding tert-OH is 1. The molecule has 1 aromatic heterocycles. The van der Waals surface area contributed by atoms with E-state index >= 15 is 0 Å². The van der Waals surface area contributed by atoms with Crippen LogP contribution in [0.1, 0.15) is 17.4 Å². The van der Waals surface area contributed by atoms with Crippen LogP contribution in [0.5, 0.6) is 0 Å². The minimum absolute atomic E-state index is 0.155. The number of β-amino-alcohol motifs (C(OH)–C–C–N with tert-alkyl or cyclic N) is 1. The molecule has 1 aliphatic heterocycles. The van der Waals surface area contributed by atoms with Crippen LogP contribution < -0.4 is 5.56 Å². The van der Waals surface area contributed by atoms with Gasteiger partial charge in [-0.1, -0.05) is 0 Å². The average Bonchev–Trinajstić information content (AvgIpc) is 2.41. The molecule has 110 valence electrons. The van der Waals surface area contributed by atoms with Crippen LogP contribution in [0.4, 0.5) is 0 Å². The van der Waals surface area contributed by atoms with Gasteiger partial charge in [0.2, 0.25) is 0 Å². The predicted octanol–water partition coefficient (Wildman–Crippen LogP) is -1.08. The molecule has 0 unspecified atom stereocenters. The Balaban J connectivity index is 1.98. The van der Waals surface area contributed by atoms with E-state index in [9.17, 15) is 14.7 Å². The van der Waals surface area contributed by atoms with Crippen molar-refractivity contribution in [2.45, 2.75) is 13.0 Å². The van der Waals surface area contributed by atoms with Crippen molar-refractivity contribution in [1.29, 1.82) is 0 Å². The van der Waals surface area contributed by atoms with Gasteiger partial charge in [-0.3, -0.25) is 14.5 Å². The smallest absolute Gasteiger partial charge is 0.274 e. The Labute approximate surface area is 117 Å². The molecule has 0 aliphatic carbocycles. The molecule has 1 amide bonds. The van der Waals surface area contributed by atoms with E-state index in [-0.39, 0.29) is 23.3 Å². The quantitative estimate of drug-likeness (QED) is 0.762. The van der Waals surface area contributed by atoms with E-state index in [0.29, 0.717) is 19.6 Å². The molecule has 2 rings (SSSR count). The molecule has 1 atom stereocenters. The number of carbonyl (C=O) groups excluding carboxylic acids is 1. The Kier molecular flexibility index (Phi) is 4.51. The molecule has 1 N–H and O–H groups in total. The summed E-state index contributed by atoms with van der Waals surface area (Å²) in [6.07, 6.45) is -0.359. The van der Waals surface area contributed by atoms with Gasteiger partial charge < -0.3 is 10.0 Å². The summed E-state index contributed by atoms with van der Waals surface area (Å²) >= 11 is 0. The topological polar surface area (TPSA) is 78.7 Å². The minimum atomic E-state index is -0.359. The van der Waals surface area contributed by atoms with Gasteiger partial charge in [0.05, 0.1) is 6.10 Å². The minimum Gasteiger partial charge on any atom is -0.392 e. The Bertz CT molecular complexity index is 533. The Hall–Kier alpha value is -1.73. The van der Waals surface area contributed by atoms with E-state index in [1.807, 2.05) is 0 Å². The summed E-state index contributed by atoms with van der Waals surface area (Å²) < 4.78 is 1.16. The second-order valence-corrected chi connectivity index (χ2v) is 5.12. The number of aryl methyl sites for hydroxylation is 1. The summed E-state index contributed by atoms with van der Waals surface area (Å²) in [7, 11) is 1.53. The molecule has 1 aromatic rings. The highest BCUT2D eigenvalue weighted by Gasteiger charge is 2.23. The zero-order valence-corrected chi connectivity index (χ0v) is 11.8. The van der Waals surface area contributed by atoms with Gasteiger partial charge in [-0.05, 0) is 13.0 Å². The third kappa shape index (κ3) is 3.43. The van der Waals surface area contributed by atoms with E-state index in [0.717, 1.165) is 17.8 Å². The van der Waals surface area contributed by atoms with E-state index in [1.165, 1.54) is 19.2 Å². The predicted molar refractivity (Wildman–Crippen MR) is 73.5 cm³/mol. The van der Waals surface area contributed by atoms with E-state index in [4.69, 9.17) is 0 Å². The third-order valence-electron chi connectivity index (χ3n) is 3.36. The van der Waals surface area contributed by atoms with Crippen molar-refractivity contribution in [2.24, 2.45) is 7.05 Å². The largest absolute Gasteiger partial charge is 0.392 e. The first-order valence-electron chi connectivity index (χ1n) is 6.71. The molecule has 1 saturated heterocycles. The van der Waals surface area contributed by atoms with Crippen molar-refractivity contribution in [3.8, 4) is 0 Å². The highest BCUT2D eigenvalue weighted by molar-refractivity contribution is 5.92. The second kappa shape index (κ2) is 6.15. The Morgan fingerprint density at radius 2 is 2.00 bits per heavy atom. The van der Waals surface area contributed by atoms with Gasteiger partial charge in [-0.15, -0.1) is 0 Å². The van der Waals surface area contributed by atoms with Crippen LogP contribution in [-0.4, -0.2) is 69.4 Å². The van der Waals surface area contributed by atoms with Gasteiger partial charge in [0.25, 0.3) is 11.5 Å². The molecule has 1 aliphatic rings. The number of carbonyl (C=O) groups is 1. The maximum absolute atomic E-state index is 12.3. The van der Waals surface area contributed by atoms with Gasteiger partial charge >= 0.3 is 0 Å². The number of aliphatic hydroxyl groups is 1. The van der Waals surface area contributed by atoms with Crippen molar-refractivity contribution < 1.29 is 9.90 Å². The van der Waals surface area contributed by atoms with E-state index < -0.39 is 0 Å². The molecule has 0 radical (unpaired) electrons. The number of hydrogen-bond donors (Lipinski definition) is 1. The van der Waals surface area contributed by atoms with Gasteiger partial charge in [-0.2, -0.15) is 5.10 Å². The van der Waals surface area contributed by atoms with Gasteiger partial charge in [0, 0.05) is 45.8 Å². The normalized spacial score (nSPS) is 18.1. The fourth-order valence-electron chi connectivity index (χ4n) is 2.29. The number of piperazine rings is 1. The molecular weight excluding hydrogens is 260 g/mol. The number of nitrogens with zero attached hydrogens (tertiary/aromatic N) is 4. The zero-order chi connectivity index (χ0) is 14.7. The fourth-order valence-corrected chi connectivity index (χ4v) is 2.29. The third-order valence-corrected chi connectivity index (χ3v) is 3.36. The molecule has 0 saturated carbocycles. The van der Waals surface area contributed by atoms with Crippen LogP contribution in [0.3, 0.4) is 0 Å². The maximum Gasteiger partial charge on any atom is 0.274 e. The van der Waals surface area contributed by atoms with E-state index in [1.54, 1.807) is 11.8 Å². The molecular formula is C13H20N4O3. The number of hydrogen-bond acceptors (Lipinski definition) is 5. The summed E-state index contributed by atoms with van der Waals surface area (Å²) in [5.41, 5.74) is 0.0550. The van der Waals surface area contributed by atoms with Crippen LogP contribution >= 0.6 is 0 Å².